The van der Waals surface area contributed by atoms with E-state index in [1.54, 1.807) is 47.4 Å². The SMILES string of the molecule is NC(CC(=O)O)C(=O)Nc1ccc(-n2cccn2)cc1. The minimum absolute atomic E-state index is 0.406. The van der Waals surface area contributed by atoms with Gasteiger partial charge in [-0.15, -0.1) is 0 Å². The number of carbonyl (C=O) groups is 2. The van der Waals surface area contributed by atoms with Crippen LogP contribution in [-0.2, 0) is 9.59 Å². The molecule has 0 spiro atoms. The molecule has 104 valence electrons. The van der Waals surface area contributed by atoms with E-state index in [1.165, 1.54) is 0 Å². The van der Waals surface area contributed by atoms with Gasteiger partial charge in [0.05, 0.1) is 18.2 Å². The zero-order valence-electron chi connectivity index (χ0n) is 10.6. The van der Waals surface area contributed by atoms with Crippen molar-refractivity contribution in [1.29, 1.82) is 0 Å². The first kappa shape index (κ1) is 13.8. The molecule has 1 heterocycles. The summed E-state index contributed by atoms with van der Waals surface area (Å²) in [5.41, 5.74) is 6.86. The Hall–Kier alpha value is -2.67. The van der Waals surface area contributed by atoms with Gasteiger partial charge in [0.1, 0.15) is 0 Å². The van der Waals surface area contributed by atoms with Crippen LogP contribution in [0.3, 0.4) is 0 Å². The molecule has 1 aromatic carbocycles. The van der Waals surface area contributed by atoms with Crippen molar-refractivity contribution in [2.45, 2.75) is 12.5 Å². The molecule has 0 bridgehead atoms. The van der Waals surface area contributed by atoms with Crippen LogP contribution in [-0.4, -0.2) is 32.8 Å². The lowest BCUT2D eigenvalue weighted by Crippen LogP contribution is -2.37. The van der Waals surface area contributed by atoms with Crippen LogP contribution < -0.4 is 11.1 Å². The number of carboxylic acids is 1. The number of nitrogens with zero attached hydrogens (tertiary/aromatic N) is 2. The van der Waals surface area contributed by atoms with Crippen molar-refractivity contribution in [2.24, 2.45) is 5.73 Å². The Kier molecular flexibility index (Phi) is 4.11. The lowest BCUT2D eigenvalue weighted by molar-refractivity contribution is -0.138. The number of carboxylic acid groups (broad SMARTS) is 1. The van der Waals surface area contributed by atoms with Gasteiger partial charge in [-0.05, 0) is 30.3 Å². The third kappa shape index (κ3) is 3.42. The molecule has 1 unspecified atom stereocenters. The van der Waals surface area contributed by atoms with Crippen molar-refractivity contribution in [3.63, 3.8) is 0 Å². The normalized spacial score (nSPS) is 11.8. The average molecular weight is 274 g/mol. The zero-order chi connectivity index (χ0) is 14.5. The Morgan fingerprint density at radius 1 is 1.35 bits per heavy atom. The van der Waals surface area contributed by atoms with Crippen LogP contribution in [0, 0.1) is 0 Å². The summed E-state index contributed by atoms with van der Waals surface area (Å²) < 4.78 is 1.68. The smallest absolute Gasteiger partial charge is 0.305 e. The molecule has 0 radical (unpaired) electrons. The molecule has 0 aliphatic heterocycles. The van der Waals surface area contributed by atoms with E-state index in [0.29, 0.717) is 5.69 Å². The molecule has 0 aliphatic carbocycles. The molecule has 7 heteroatoms. The molecule has 20 heavy (non-hydrogen) atoms. The lowest BCUT2D eigenvalue weighted by Gasteiger charge is -2.10. The molecule has 1 amide bonds. The summed E-state index contributed by atoms with van der Waals surface area (Å²) >= 11 is 0. The van der Waals surface area contributed by atoms with Crippen LogP contribution in [0.15, 0.2) is 42.7 Å². The van der Waals surface area contributed by atoms with Crippen molar-refractivity contribution in [2.75, 3.05) is 5.32 Å². The molecule has 0 fully saturated rings. The van der Waals surface area contributed by atoms with Crippen molar-refractivity contribution in [3.8, 4) is 5.69 Å². The van der Waals surface area contributed by atoms with Gasteiger partial charge in [-0.3, -0.25) is 9.59 Å². The maximum atomic E-state index is 11.6. The highest BCUT2D eigenvalue weighted by Gasteiger charge is 2.16. The van der Waals surface area contributed by atoms with Crippen LogP contribution in [0.2, 0.25) is 0 Å². The number of aromatic nitrogens is 2. The van der Waals surface area contributed by atoms with E-state index in [0.717, 1.165) is 5.69 Å². The quantitative estimate of drug-likeness (QED) is 0.740. The summed E-state index contributed by atoms with van der Waals surface area (Å²) in [6, 6.07) is 7.69. The lowest BCUT2D eigenvalue weighted by atomic mass is 10.2. The van der Waals surface area contributed by atoms with Crippen molar-refractivity contribution >= 4 is 17.6 Å². The number of hydrogen-bond acceptors (Lipinski definition) is 4. The second-order valence-electron chi connectivity index (χ2n) is 4.19. The molecule has 0 saturated carbocycles. The van der Waals surface area contributed by atoms with Gasteiger partial charge in [-0.2, -0.15) is 5.10 Å². The minimum Gasteiger partial charge on any atom is -0.481 e. The van der Waals surface area contributed by atoms with Crippen LogP contribution >= 0.6 is 0 Å². The summed E-state index contributed by atoms with van der Waals surface area (Å²) in [6.45, 7) is 0. The predicted octanol–water partition coefficient (Wildman–Crippen LogP) is 0.613. The summed E-state index contributed by atoms with van der Waals surface area (Å²) in [7, 11) is 0. The maximum absolute atomic E-state index is 11.6. The topological polar surface area (TPSA) is 110 Å². The number of carbonyl (C=O) groups excluding carboxylic acids is 1. The van der Waals surface area contributed by atoms with E-state index < -0.39 is 24.3 Å². The fourth-order valence-corrected chi connectivity index (χ4v) is 1.63. The second-order valence-corrected chi connectivity index (χ2v) is 4.19. The Morgan fingerprint density at radius 3 is 2.60 bits per heavy atom. The standard InChI is InChI=1S/C13H14N4O3/c14-11(8-12(18)19)13(20)16-9-2-4-10(5-3-9)17-7-1-6-15-17/h1-7,11H,8,14H2,(H,16,20)(H,18,19). The van der Waals surface area contributed by atoms with E-state index in [1.807, 2.05) is 0 Å². The maximum Gasteiger partial charge on any atom is 0.305 e. The number of hydrogen-bond donors (Lipinski definition) is 3. The largest absolute Gasteiger partial charge is 0.481 e. The molecule has 2 rings (SSSR count). The molecule has 7 nitrogen and oxygen atoms in total. The molecular weight excluding hydrogens is 260 g/mol. The van der Waals surface area contributed by atoms with Gasteiger partial charge < -0.3 is 16.2 Å². The molecule has 1 atom stereocenters. The number of benzene rings is 1. The first-order chi connectivity index (χ1) is 9.56. The zero-order valence-corrected chi connectivity index (χ0v) is 10.6. The number of rotatable bonds is 5. The third-order valence-electron chi connectivity index (χ3n) is 2.64. The molecule has 0 aliphatic rings. The molecular formula is C13H14N4O3. The number of nitrogens with one attached hydrogen (secondary N) is 1. The molecule has 2 aromatic rings. The minimum atomic E-state index is -1.11. The monoisotopic (exact) mass is 274 g/mol. The van der Waals surface area contributed by atoms with Crippen LogP contribution in [0.25, 0.3) is 5.69 Å². The Labute approximate surface area is 115 Å². The van der Waals surface area contributed by atoms with E-state index in [-0.39, 0.29) is 0 Å². The van der Waals surface area contributed by atoms with E-state index in [9.17, 15) is 9.59 Å². The number of anilines is 1. The van der Waals surface area contributed by atoms with Gasteiger partial charge in [0.25, 0.3) is 0 Å². The summed E-state index contributed by atoms with van der Waals surface area (Å²) in [6.07, 6.45) is 3.06. The highest BCUT2D eigenvalue weighted by molar-refractivity contribution is 5.96. The van der Waals surface area contributed by atoms with Gasteiger partial charge in [-0.25, -0.2) is 4.68 Å². The highest BCUT2D eigenvalue weighted by atomic mass is 16.4. The fraction of sp³-hybridized carbons (Fsp3) is 0.154. The van der Waals surface area contributed by atoms with Gasteiger partial charge in [0.2, 0.25) is 5.91 Å². The Morgan fingerprint density at radius 2 is 2.05 bits per heavy atom. The fourth-order valence-electron chi connectivity index (χ4n) is 1.63. The van der Waals surface area contributed by atoms with Gasteiger partial charge in [0, 0.05) is 18.1 Å². The molecule has 1 aromatic heterocycles. The van der Waals surface area contributed by atoms with Crippen LogP contribution in [0.1, 0.15) is 6.42 Å². The molecule has 4 N–H and O–H groups in total. The average Bonchev–Trinajstić information content (AvgIpc) is 2.92. The number of aliphatic carboxylic acids is 1. The van der Waals surface area contributed by atoms with E-state index in [2.05, 4.69) is 10.4 Å². The van der Waals surface area contributed by atoms with Gasteiger partial charge in [0.15, 0.2) is 0 Å². The van der Waals surface area contributed by atoms with Gasteiger partial charge >= 0.3 is 5.97 Å². The number of amides is 1. The van der Waals surface area contributed by atoms with Crippen molar-refractivity contribution in [1.82, 2.24) is 9.78 Å². The van der Waals surface area contributed by atoms with Crippen LogP contribution in [0.4, 0.5) is 5.69 Å². The van der Waals surface area contributed by atoms with Gasteiger partial charge in [-0.1, -0.05) is 0 Å². The summed E-state index contributed by atoms with van der Waals surface area (Å²) in [4.78, 5) is 22.1. The first-order valence-corrected chi connectivity index (χ1v) is 5.94. The van der Waals surface area contributed by atoms with E-state index >= 15 is 0 Å². The molecule has 0 saturated heterocycles. The van der Waals surface area contributed by atoms with E-state index in [4.69, 9.17) is 10.8 Å². The highest BCUT2D eigenvalue weighted by Crippen LogP contribution is 2.12. The van der Waals surface area contributed by atoms with Crippen LogP contribution in [0.5, 0.6) is 0 Å². The van der Waals surface area contributed by atoms with Crippen molar-refractivity contribution < 1.29 is 14.7 Å². The predicted molar refractivity (Wildman–Crippen MR) is 72.4 cm³/mol. The first-order valence-electron chi connectivity index (χ1n) is 5.94. The van der Waals surface area contributed by atoms with Crippen molar-refractivity contribution in [3.05, 3.63) is 42.7 Å². The Balaban J connectivity index is 2.00. The summed E-state index contributed by atoms with van der Waals surface area (Å²) in [5, 5.41) is 15.2. The number of nitrogens with two attached hydrogens (primary N) is 1. The third-order valence-corrected chi connectivity index (χ3v) is 2.64. The Bertz CT molecular complexity index is 593. The summed E-state index contributed by atoms with van der Waals surface area (Å²) in [5.74, 6) is -1.64. The second kappa shape index (κ2) is 5.98.